The molecule has 0 aliphatic carbocycles. The molecule has 9 aliphatic heterocycles. The summed E-state index contributed by atoms with van der Waals surface area (Å²) in [5, 5.41) is 28.7. The minimum Gasteiger partial charge on any atom is -0.388 e. The molecule has 270 valence electrons. The van der Waals surface area contributed by atoms with Gasteiger partial charge in [-0.15, -0.1) is 11.6 Å². The van der Waals surface area contributed by atoms with Gasteiger partial charge in [0.2, 0.25) is 0 Å². The highest BCUT2D eigenvalue weighted by Crippen LogP contribution is 2.33. The topological polar surface area (TPSA) is 191 Å². The first-order valence-electron chi connectivity index (χ1n) is 16.6. The van der Waals surface area contributed by atoms with Crippen LogP contribution >= 0.6 is 11.6 Å². The van der Waals surface area contributed by atoms with E-state index in [0.717, 1.165) is 19.8 Å². The number of hydrogen-bond donors (Lipinski definition) is 3. The average molecular weight is 699 g/mol. The quantitative estimate of drug-likeness (QED) is 0.134. The van der Waals surface area contributed by atoms with Crippen LogP contribution in [0.1, 0.15) is 0 Å². The van der Waals surface area contributed by atoms with Crippen molar-refractivity contribution in [3.05, 3.63) is 0 Å². The Hall–Kier alpha value is -0.350. The van der Waals surface area contributed by atoms with Crippen LogP contribution in [0.3, 0.4) is 0 Å². The normalized spacial score (nSPS) is 47.4. The summed E-state index contributed by atoms with van der Waals surface area (Å²) >= 11 is 5.27. The fourth-order valence-corrected chi connectivity index (χ4v) is 6.53. The second-order valence-electron chi connectivity index (χ2n) is 13.1. The second kappa shape index (κ2) is 16.3. The Bertz CT molecular complexity index is 904. The molecule has 9 aliphatic rings. The zero-order valence-electron chi connectivity index (χ0n) is 26.2. The number of epoxide rings is 3. The van der Waals surface area contributed by atoms with E-state index in [9.17, 15) is 5.11 Å². The monoisotopic (exact) mass is 698 g/mol. The SMILES string of the molecule is ClCC1CO1.OC(CO[C@H]1COC2[C@H](OCC3CO3)CO[C@@H]21)CO[C@@H]1CO[C@H]2[C@@H]1OC[C@@H]2OCC1CO1.O[C@@H]1CO[C@H]2[C@@H]1OC[C@H]2O. The largest absolute Gasteiger partial charge is 0.388 e. The summed E-state index contributed by atoms with van der Waals surface area (Å²) in [4.78, 5) is 0. The molecule has 0 aromatic rings. The first kappa shape index (κ1) is 35.1. The first-order chi connectivity index (χ1) is 23.0. The molecule has 9 fully saturated rings. The van der Waals surface area contributed by atoms with Gasteiger partial charge in [0.05, 0.1) is 97.9 Å². The van der Waals surface area contributed by atoms with Gasteiger partial charge in [-0.3, -0.25) is 0 Å². The van der Waals surface area contributed by atoms with Crippen LogP contribution in [0.15, 0.2) is 0 Å². The molecular formula is C30H47ClO16. The lowest BCUT2D eigenvalue weighted by atomic mass is 10.1. The van der Waals surface area contributed by atoms with E-state index < -0.39 is 18.3 Å². The molecule has 16 nitrogen and oxygen atoms in total. The van der Waals surface area contributed by atoms with Gasteiger partial charge in [0, 0.05) is 0 Å². The molecular weight excluding hydrogens is 652 g/mol. The van der Waals surface area contributed by atoms with Crippen LogP contribution in [0.4, 0.5) is 0 Å². The number of ether oxygens (including phenoxy) is 13. The van der Waals surface area contributed by atoms with Gasteiger partial charge in [-0.2, -0.15) is 0 Å². The standard InChI is InChI=1S/C21H32O11.C6H10O4.C3H5ClO/c22-11(1-25-14-7-29-20-16(9-31-18(14)20)27-5-12-3-23-12)2-26-15-8-30-21-17(10-32-19(15)21)28-6-13-4-24-13;7-3-1-9-6-4(8)2-10-5(3)6;4-1-3-2-5-3/h11-22H,1-10H2;3-8H,1-2H2;3H,1-2H2/t11?,12?,13?,14-,15+,16+,17-,18-,19-,20-,21?;3-,4-,5-,6-;/m11./s1. The summed E-state index contributed by atoms with van der Waals surface area (Å²) in [6.07, 6.45) is -2.94. The van der Waals surface area contributed by atoms with Crippen LogP contribution in [0.2, 0.25) is 0 Å². The maximum Gasteiger partial charge on any atom is 0.115 e. The van der Waals surface area contributed by atoms with Crippen LogP contribution in [0, 0.1) is 0 Å². The number of rotatable bonds is 13. The van der Waals surface area contributed by atoms with E-state index in [2.05, 4.69) is 0 Å². The summed E-state index contributed by atoms with van der Waals surface area (Å²) in [6.45, 7) is 6.19. The molecule has 9 heterocycles. The van der Waals surface area contributed by atoms with Gasteiger partial charge in [-0.25, -0.2) is 0 Å². The van der Waals surface area contributed by atoms with Crippen molar-refractivity contribution in [1.29, 1.82) is 0 Å². The lowest BCUT2D eigenvalue weighted by molar-refractivity contribution is -0.101. The van der Waals surface area contributed by atoms with Crippen molar-refractivity contribution in [3.8, 4) is 0 Å². The van der Waals surface area contributed by atoms with Crippen molar-refractivity contribution in [2.75, 3.05) is 91.8 Å². The van der Waals surface area contributed by atoms with Gasteiger partial charge in [-0.1, -0.05) is 0 Å². The third-order valence-corrected chi connectivity index (χ3v) is 9.65. The van der Waals surface area contributed by atoms with Crippen molar-refractivity contribution in [2.45, 2.75) is 97.7 Å². The van der Waals surface area contributed by atoms with Gasteiger partial charge in [0.1, 0.15) is 91.6 Å². The van der Waals surface area contributed by atoms with E-state index in [1.165, 1.54) is 0 Å². The summed E-state index contributed by atoms with van der Waals surface area (Å²) in [6, 6.07) is 0. The third-order valence-electron chi connectivity index (χ3n) is 9.30. The third kappa shape index (κ3) is 9.31. The Labute approximate surface area is 277 Å². The van der Waals surface area contributed by atoms with Crippen molar-refractivity contribution in [1.82, 2.24) is 0 Å². The van der Waals surface area contributed by atoms with Gasteiger partial charge in [-0.05, 0) is 0 Å². The molecule has 9 rings (SSSR count). The van der Waals surface area contributed by atoms with Gasteiger partial charge >= 0.3 is 0 Å². The fraction of sp³-hybridized carbons (Fsp3) is 1.00. The van der Waals surface area contributed by atoms with Gasteiger partial charge in [0.15, 0.2) is 0 Å². The highest BCUT2D eigenvalue weighted by Gasteiger charge is 2.51. The summed E-state index contributed by atoms with van der Waals surface area (Å²) in [5.41, 5.74) is 0. The molecule has 0 radical (unpaired) electrons. The highest BCUT2D eigenvalue weighted by molar-refractivity contribution is 6.18. The Balaban J connectivity index is 0.000000191. The molecule has 3 N–H and O–H groups in total. The predicted octanol–water partition coefficient (Wildman–Crippen LogP) is -2.59. The zero-order valence-corrected chi connectivity index (χ0v) is 26.9. The summed E-state index contributed by atoms with van der Waals surface area (Å²) < 4.78 is 72.1. The zero-order chi connectivity index (χ0) is 32.3. The number of aliphatic hydroxyl groups is 3. The average Bonchev–Trinajstić information content (AvgIpc) is 4.03. The maximum atomic E-state index is 10.4. The minimum atomic E-state index is -0.769. The van der Waals surface area contributed by atoms with Crippen LogP contribution in [-0.4, -0.2) is 205 Å². The van der Waals surface area contributed by atoms with E-state index in [-0.39, 0.29) is 99.7 Å². The van der Waals surface area contributed by atoms with Crippen LogP contribution in [-0.2, 0) is 61.6 Å². The minimum absolute atomic E-state index is 0.0996. The van der Waals surface area contributed by atoms with E-state index in [4.69, 9.17) is 83.4 Å². The molecule has 9 saturated heterocycles. The van der Waals surface area contributed by atoms with Gasteiger partial charge in [0.25, 0.3) is 0 Å². The van der Waals surface area contributed by atoms with Crippen molar-refractivity contribution < 1.29 is 76.9 Å². The number of aliphatic hydroxyl groups excluding tert-OH is 3. The molecule has 0 spiro atoms. The van der Waals surface area contributed by atoms with Crippen molar-refractivity contribution >= 4 is 11.6 Å². The Morgan fingerprint density at radius 1 is 0.468 bits per heavy atom. The van der Waals surface area contributed by atoms with E-state index in [0.29, 0.717) is 51.6 Å². The molecule has 17 heteroatoms. The van der Waals surface area contributed by atoms with E-state index >= 15 is 0 Å². The molecule has 47 heavy (non-hydrogen) atoms. The molecule has 5 unspecified atom stereocenters. The predicted molar refractivity (Wildman–Crippen MR) is 155 cm³/mol. The summed E-state index contributed by atoms with van der Waals surface area (Å²) in [5.74, 6) is 0.667. The van der Waals surface area contributed by atoms with Crippen molar-refractivity contribution in [2.24, 2.45) is 0 Å². The Morgan fingerprint density at radius 2 is 0.809 bits per heavy atom. The molecule has 0 bridgehead atoms. The lowest BCUT2D eigenvalue weighted by Gasteiger charge is -2.21. The van der Waals surface area contributed by atoms with Crippen LogP contribution < -0.4 is 0 Å². The molecule has 0 aromatic carbocycles. The number of fused-ring (bicyclic) bond motifs is 3. The Morgan fingerprint density at radius 3 is 1.13 bits per heavy atom. The molecule has 0 saturated carbocycles. The Kier molecular flexibility index (Phi) is 12.2. The van der Waals surface area contributed by atoms with E-state index in [1.807, 2.05) is 0 Å². The highest BCUT2D eigenvalue weighted by atomic mass is 35.5. The molecule has 0 amide bonds. The van der Waals surface area contributed by atoms with Gasteiger partial charge < -0.3 is 76.9 Å². The summed E-state index contributed by atoms with van der Waals surface area (Å²) in [7, 11) is 0. The number of hydrogen-bond acceptors (Lipinski definition) is 16. The molecule has 0 aromatic heterocycles. The number of halogens is 1. The second-order valence-corrected chi connectivity index (χ2v) is 13.4. The smallest absolute Gasteiger partial charge is 0.115 e. The molecule has 16 atom stereocenters. The van der Waals surface area contributed by atoms with Crippen LogP contribution in [0.5, 0.6) is 0 Å². The van der Waals surface area contributed by atoms with Crippen LogP contribution in [0.25, 0.3) is 0 Å². The van der Waals surface area contributed by atoms with E-state index in [1.54, 1.807) is 0 Å². The first-order valence-corrected chi connectivity index (χ1v) is 17.1. The fourth-order valence-electron chi connectivity index (χ4n) is 6.35. The maximum absolute atomic E-state index is 10.4. The van der Waals surface area contributed by atoms with Crippen molar-refractivity contribution in [3.63, 3.8) is 0 Å². The number of alkyl halides is 1. The lowest BCUT2D eigenvalue weighted by Crippen LogP contribution is -2.38.